The Morgan fingerprint density at radius 2 is 1.88 bits per heavy atom. The predicted molar refractivity (Wildman–Crippen MR) is 70.2 cm³/mol. The summed E-state index contributed by atoms with van der Waals surface area (Å²) < 4.78 is 0. The Balaban J connectivity index is 2.90. The van der Waals surface area contributed by atoms with Gasteiger partial charge in [-0.1, -0.05) is 50.0 Å². The zero-order valence-electron chi connectivity index (χ0n) is 9.93. The third-order valence-electron chi connectivity index (χ3n) is 3.35. The minimum Gasteiger partial charge on any atom is -0.396 e. The largest absolute Gasteiger partial charge is 0.396 e. The van der Waals surface area contributed by atoms with E-state index >= 15 is 0 Å². The van der Waals surface area contributed by atoms with Crippen LogP contribution in [-0.2, 0) is 6.42 Å². The average Bonchev–Trinajstić information content (AvgIpc) is 2.23. The zero-order valence-corrected chi connectivity index (χ0v) is 11.4. The van der Waals surface area contributed by atoms with Crippen molar-refractivity contribution in [3.8, 4) is 0 Å². The molecule has 0 radical (unpaired) electrons. The molecule has 1 nitrogen and oxygen atoms in total. The van der Waals surface area contributed by atoms with Gasteiger partial charge in [0.2, 0.25) is 0 Å². The molecule has 1 aromatic carbocycles. The highest BCUT2D eigenvalue weighted by Gasteiger charge is 2.27. The summed E-state index contributed by atoms with van der Waals surface area (Å²) in [7, 11) is 0. The monoisotopic (exact) mass is 260 g/mol. The van der Waals surface area contributed by atoms with E-state index in [0.29, 0.717) is 16.0 Å². The molecule has 90 valence electrons. The van der Waals surface area contributed by atoms with Crippen LogP contribution in [-0.4, -0.2) is 11.7 Å². The Hall–Kier alpha value is -0.240. The van der Waals surface area contributed by atoms with Crippen LogP contribution in [0.2, 0.25) is 10.0 Å². The molecule has 0 amide bonds. The normalized spacial score (nSPS) is 15.2. The van der Waals surface area contributed by atoms with Crippen molar-refractivity contribution in [2.24, 2.45) is 11.3 Å². The Labute approximate surface area is 107 Å². The van der Waals surface area contributed by atoms with Gasteiger partial charge in [0.25, 0.3) is 0 Å². The highest BCUT2D eigenvalue weighted by Crippen LogP contribution is 2.32. The molecule has 0 bridgehead atoms. The third kappa shape index (κ3) is 3.13. The van der Waals surface area contributed by atoms with E-state index in [1.807, 2.05) is 12.1 Å². The van der Waals surface area contributed by atoms with E-state index in [0.717, 1.165) is 12.0 Å². The summed E-state index contributed by atoms with van der Waals surface area (Å²) in [5.41, 5.74) is 0.997. The first kappa shape index (κ1) is 13.8. The second-order valence-electron chi connectivity index (χ2n) is 4.89. The molecule has 0 fully saturated rings. The van der Waals surface area contributed by atoms with Gasteiger partial charge in [-0.3, -0.25) is 0 Å². The number of hydrogen-bond donors (Lipinski definition) is 1. The van der Waals surface area contributed by atoms with Crippen LogP contribution in [0.3, 0.4) is 0 Å². The molecule has 3 heteroatoms. The Morgan fingerprint density at radius 3 is 2.31 bits per heavy atom. The first-order valence-corrected chi connectivity index (χ1v) is 6.19. The van der Waals surface area contributed by atoms with Crippen molar-refractivity contribution in [1.82, 2.24) is 0 Å². The predicted octanol–water partition coefficient (Wildman–Crippen LogP) is 4.19. The molecule has 0 aliphatic rings. The Morgan fingerprint density at radius 1 is 1.25 bits per heavy atom. The number of halogens is 2. The van der Waals surface area contributed by atoms with Crippen molar-refractivity contribution >= 4 is 23.2 Å². The van der Waals surface area contributed by atoms with Crippen molar-refractivity contribution in [2.75, 3.05) is 6.61 Å². The minimum absolute atomic E-state index is 0.114. The van der Waals surface area contributed by atoms with Crippen LogP contribution in [0, 0.1) is 11.3 Å². The van der Waals surface area contributed by atoms with Crippen molar-refractivity contribution in [2.45, 2.75) is 27.2 Å². The summed E-state index contributed by atoms with van der Waals surface area (Å²) in [6.45, 7) is 6.49. The van der Waals surface area contributed by atoms with Crippen molar-refractivity contribution < 1.29 is 5.11 Å². The number of benzene rings is 1. The molecule has 1 atom stereocenters. The fourth-order valence-corrected chi connectivity index (χ4v) is 1.88. The smallest absolute Gasteiger partial charge is 0.0595 e. The highest BCUT2D eigenvalue weighted by molar-refractivity contribution is 6.42. The van der Waals surface area contributed by atoms with Crippen LogP contribution in [0.4, 0.5) is 0 Å². The number of hydrogen-bond acceptors (Lipinski definition) is 1. The average molecular weight is 261 g/mol. The van der Waals surface area contributed by atoms with E-state index in [9.17, 15) is 5.11 Å². The van der Waals surface area contributed by atoms with Crippen molar-refractivity contribution in [1.29, 1.82) is 0 Å². The molecule has 1 unspecified atom stereocenters. The second kappa shape index (κ2) is 5.39. The molecule has 0 heterocycles. The van der Waals surface area contributed by atoms with Gasteiger partial charge in [0.1, 0.15) is 0 Å². The molecular weight excluding hydrogens is 243 g/mol. The van der Waals surface area contributed by atoms with Gasteiger partial charge in [-0.05, 0) is 35.4 Å². The molecule has 0 aromatic heterocycles. The molecule has 1 rings (SSSR count). The third-order valence-corrected chi connectivity index (χ3v) is 4.09. The zero-order chi connectivity index (χ0) is 12.3. The lowest BCUT2D eigenvalue weighted by Gasteiger charge is -2.32. The lowest BCUT2D eigenvalue weighted by Crippen LogP contribution is -2.30. The lowest BCUT2D eigenvalue weighted by molar-refractivity contribution is 0.0947. The van der Waals surface area contributed by atoms with Gasteiger partial charge >= 0.3 is 0 Å². The first-order valence-electron chi connectivity index (χ1n) is 5.44. The highest BCUT2D eigenvalue weighted by atomic mass is 35.5. The van der Waals surface area contributed by atoms with E-state index in [-0.39, 0.29) is 12.0 Å². The lowest BCUT2D eigenvalue weighted by atomic mass is 9.75. The van der Waals surface area contributed by atoms with Crippen molar-refractivity contribution in [3.05, 3.63) is 33.8 Å². The van der Waals surface area contributed by atoms with Gasteiger partial charge in [0.05, 0.1) is 10.0 Å². The maximum atomic E-state index is 9.48. The van der Waals surface area contributed by atoms with E-state index in [2.05, 4.69) is 20.8 Å². The van der Waals surface area contributed by atoms with Crippen LogP contribution < -0.4 is 0 Å². The summed E-state index contributed by atoms with van der Waals surface area (Å²) in [4.78, 5) is 0. The van der Waals surface area contributed by atoms with Gasteiger partial charge in [0.15, 0.2) is 0 Å². The van der Waals surface area contributed by atoms with Gasteiger partial charge in [-0.25, -0.2) is 0 Å². The molecular formula is C13H18Cl2O. The molecule has 0 spiro atoms. The van der Waals surface area contributed by atoms with E-state index in [1.165, 1.54) is 0 Å². The SMILES string of the molecule is CC(C)C(C)(CO)Cc1ccc(Cl)c(Cl)c1. The summed E-state index contributed by atoms with van der Waals surface area (Å²) in [5.74, 6) is 0.409. The van der Waals surface area contributed by atoms with Crippen LogP contribution >= 0.6 is 23.2 Å². The fraction of sp³-hybridized carbons (Fsp3) is 0.538. The molecule has 1 aromatic rings. The number of aliphatic hydroxyl groups is 1. The van der Waals surface area contributed by atoms with Gasteiger partial charge in [0, 0.05) is 6.61 Å². The molecule has 16 heavy (non-hydrogen) atoms. The maximum Gasteiger partial charge on any atom is 0.0595 e. The first-order chi connectivity index (χ1) is 7.39. The van der Waals surface area contributed by atoms with E-state index in [4.69, 9.17) is 23.2 Å². The number of aliphatic hydroxyl groups excluding tert-OH is 1. The molecule has 0 aliphatic heterocycles. The van der Waals surface area contributed by atoms with Crippen molar-refractivity contribution in [3.63, 3.8) is 0 Å². The molecule has 0 saturated heterocycles. The topological polar surface area (TPSA) is 20.2 Å². The van der Waals surface area contributed by atoms with Gasteiger partial charge in [-0.2, -0.15) is 0 Å². The minimum atomic E-state index is -0.114. The van der Waals surface area contributed by atoms with Gasteiger partial charge in [-0.15, -0.1) is 0 Å². The second-order valence-corrected chi connectivity index (χ2v) is 5.71. The Bertz CT molecular complexity index is 363. The quantitative estimate of drug-likeness (QED) is 0.861. The molecule has 0 saturated carbocycles. The van der Waals surface area contributed by atoms with Crippen LogP contribution in [0.5, 0.6) is 0 Å². The van der Waals surface area contributed by atoms with Crippen LogP contribution in [0.1, 0.15) is 26.3 Å². The van der Waals surface area contributed by atoms with E-state index < -0.39 is 0 Å². The van der Waals surface area contributed by atoms with Crippen LogP contribution in [0.25, 0.3) is 0 Å². The Kier molecular flexibility index (Phi) is 4.66. The summed E-state index contributed by atoms with van der Waals surface area (Å²) in [6, 6.07) is 5.64. The summed E-state index contributed by atoms with van der Waals surface area (Å²) in [6.07, 6.45) is 0.804. The van der Waals surface area contributed by atoms with Crippen LogP contribution in [0.15, 0.2) is 18.2 Å². The number of rotatable bonds is 4. The molecule has 1 N–H and O–H groups in total. The van der Waals surface area contributed by atoms with E-state index in [1.54, 1.807) is 6.07 Å². The summed E-state index contributed by atoms with van der Waals surface area (Å²) >= 11 is 11.8. The standard InChI is InChI=1S/C13H18Cl2O/c1-9(2)13(3,8-16)7-10-4-5-11(14)12(15)6-10/h4-6,9,16H,7-8H2,1-3H3. The summed E-state index contributed by atoms with van der Waals surface area (Å²) in [5, 5.41) is 10.6. The fourth-order valence-electron chi connectivity index (χ4n) is 1.56. The molecule has 0 aliphatic carbocycles. The maximum absolute atomic E-state index is 9.48. The van der Waals surface area contributed by atoms with Gasteiger partial charge < -0.3 is 5.11 Å².